The molecule has 0 aliphatic carbocycles. The van der Waals surface area contributed by atoms with Crippen LogP contribution in [0.1, 0.15) is 18.1 Å². The van der Waals surface area contributed by atoms with Crippen LogP contribution in [0.2, 0.25) is 0 Å². The molecule has 0 saturated carbocycles. The van der Waals surface area contributed by atoms with Gasteiger partial charge in [-0.15, -0.1) is 24.0 Å². The number of nitrogens with one attached hydrogen (secondary N) is 2. The van der Waals surface area contributed by atoms with Crippen LogP contribution in [0.25, 0.3) is 0 Å². The number of nitrogens with zero attached hydrogens (tertiary/aromatic N) is 1. The Morgan fingerprint density at radius 2 is 1.63 bits per heavy atom. The third-order valence-corrected chi connectivity index (χ3v) is 5.77. The molecule has 5 nitrogen and oxygen atoms in total. The molecule has 166 valence electrons. The SMILES string of the molecule is CCNC(=NCCS(=O)(=O)c1ccccc1)NCCc1ccc(C(F)(F)F)cc1.I. The molecule has 30 heavy (non-hydrogen) atoms. The van der Waals surface area contributed by atoms with Gasteiger partial charge in [0.15, 0.2) is 15.8 Å². The van der Waals surface area contributed by atoms with E-state index in [0.29, 0.717) is 25.5 Å². The van der Waals surface area contributed by atoms with E-state index in [1.807, 2.05) is 6.92 Å². The fourth-order valence-corrected chi connectivity index (χ4v) is 3.69. The summed E-state index contributed by atoms with van der Waals surface area (Å²) in [5.41, 5.74) is 0.0803. The molecule has 2 aromatic rings. The van der Waals surface area contributed by atoms with E-state index in [1.54, 1.807) is 30.3 Å². The van der Waals surface area contributed by atoms with Crippen LogP contribution in [-0.4, -0.2) is 39.8 Å². The Morgan fingerprint density at radius 1 is 1.00 bits per heavy atom. The van der Waals surface area contributed by atoms with E-state index in [2.05, 4.69) is 15.6 Å². The van der Waals surface area contributed by atoms with Gasteiger partial charge >= 0.3 is 6.18 Å². The molecule has 0 saturated heterocycles. The standard InChI is InChI=1S/C20H24F3N3O2S.HI/c1-2-24-19(26-14-15-29(27,28)18-6-4-3-5-7-18)25-13-12-16-8-10-17(11-9-16)20(21,22)23;/h3-11H,2,12-15H2,1H3,(H2,24,25,26);1H. The van der Waals surface area contributed by atoms with E-state index in [1.165, 1.54) is 12.1 Å². The average molecular weight is 555 g/mol. The molecule has 0 aromatic heterocycles. The van der Waals surface area contributed by atoms with Gasteiger partial charge in [0.1, 0.15) is 0 Å². The van der Waals surface area contributed by atoms with Crippen LogP contribution in [0.4, 0.5) is 13.2 Å². The Morgan fingerprint density at radius 3 is 2.20 bits per heavy atom. The lowest BCUT2D eigenvalue weighted by Gasteiger charge is -2.12. The summed E-state index contributed by atoms with van der Waals surface area (Å²) in [6, 6.07) is 13.2. The Labute approximate surface area is 192 Å². The maximum Gasteiger partial charge on any atom is 0.416 e. The second-order valence-corrected chi connectivity index (χ2v) is 8.37. The third kappa shape index (κ3) is 8.50. The fraction of sp³-hybridized carbons (Fsp3) is 0.350. The van der Waals surface area contributed by atoms with Crippen molar-refractivity contribution >= 4 is 39.8 Å². The van der Waals surface area contributed by atoms with Crippen LogP contribution in [0.15, 0.2) is 64.5 Å². The molecule has 0 heterocycles. The molecular weight excluding hydrogens is 530 g/mol. The summed E-state index contributed by atoms with van der Waals surface area (Å²) in [4.78, 5) is 4.53. The molecule has 0 amide bonds. The van der Waals surface area contributed by atoms with Crippen molar-refractivity contribution in [1.82, 2.24) is 10.6 Å². The molecule has 0 unspecified atom stereocenters. The molecule has 2 aromatic carbocycles. The van der Waals surface area contributed by atoms with Gasteiger partial charge in [-0.05, 0) is 43.2 Å². The summed E-state index contributed by atoms with van der Waals surface area (Å²) < 4.78 is 62.3. The van der Waals surface area contributed by atoms with Crippen LogP contribution < -0.4 is 10.6 Å². The summed E-state index contributed by atoms with van der Waals surface area (Å²) in [7, 11) is -3.41. The Bertz CT molecular complexity index is 903. The van der Waals surface area contributed by atoms with E-state index in [-0.39, 0.29) is 41.2 Å². The number of hydrogen-bond acceptors (Lipinski definition) is 3. The maximum atomic E-state index is 12.6. The number of guanidine groups is 1. The molecular formula is C20H25F3IN3O2S. The number of hydrogen-bond donors (Lipinski definition) is 2. The Kier molecular flexibility index (Phi) is 10.6. The van der Waals surface area contributed by atoms with Gasteiger partial charge in [-0.25, -0.2) is 8.42 Å². The van der Waals surface area contributed by atoms with Gasteiger partial charge in [0.05, 0.1) is 22.8 Å². The van der Waals surface area contributed by atoms with Crippen molar-refractivity contribution in [2.24, 2.45) is 4.99 Å². The van der Waals surface area contributed by atoms with Gasteiger partial charge in [0, 0.05) is 13.1 Å². The van der Waals surface area contributed by atoms with E-state index < -0.39 is 21.6 Å². The predicted molar refractivity (Wildman–Crippen MR) is 123 cm³/mol. The number of rotatable bonds is 8. The first kappa shape index (κ1) is 26.2. The molecule has 10 heteroatoms. The first-order chi connectivity index (χ1) is 13.7. The zero-order valence-corrected chi connectivity index (χ0v) is 19.6. The predicted octanol–water partition coefficient (Wildman–Crippen LogP) is 3.89. The van der Waals surface area contributed by atoms with Crippen molar-refractivity contribution in [3.63, 3.8) is 0 Å². The Balaban J connectivity index is 0.00000450. The highest BCUT2D eigenvalue weighted by atomic mass is 127. The zero-order valence-electron chi connectivity index (χ0n) is 16.4. The zero-order chi connectivity index (χ0) is 21.3. The molecule has 2 N–H and O–H groups in total. The largest absolute Gasteiger partial charge is 0.416 e. The van der Waals surface area contributed by atoms with Crippen molar-refractivity contribution < 1.29 is 21.6 Å². The van der Waals surface area contributed by atoms with Crippen LogP contribution >= 0.6 is 24.0 Å². The summed E-state index contributed by atoms with van der Waals surface area (Å²) in [6.07, 6.45) is -3.84. The second kappa shape index (κ2) is 12.1. The lowest BCUT2D eigenvalue weighted by Crippen LogP contribution is -2.38. The minimum atomic E-state index is -4.35. The maximum absolute atomic E-state index is 12.6. The van der Waals surface area contributed by atoms with Crippen LogP contribution in [0.5, 0.6) is 0 Å². The molecule has 0 radical (unpaired) electrons. The monoisotopic (exact) mass is 555 g/mol. The van der Waals surface area contributed by atoms with Gasteiger partial charge in [-0.2, -0.15) is 13.2 Å². The van der Waals surface area contributed by atoms with Gasteiger partial charge in [0.2, 0.25) is 0 Å². The number of sulfone groups is 1. The van der Waals surface area contributed by atoms with Crippen molar-refractivity contribution in [3.05, 3.63) is 65.7 Å². The summed E-state index contributed by atoms with van der Waals surface area (Å²) >= 11 is 0. The fourth-order valence-electron chi connectivity index (χ4n) is 2.55. The van der Waals surface area contributed by atoms with Crippen LogP contribution in [0, 0.1) is 0 Å². The quantitative estimate of drug-likeness (QED) is 0.295. The smallest absolute Gasteiger partial charge is 0.357 e. The Hall–Kier alpha value is -1.82. The number of alkyl halides is 3. The molecule has 0 bridgehead atoms. The van der Waals surface area contributed by atoms with Crippen molar-refractivity contribution in [2.75, 3.05) is 25.4 Å². The van der Waals surface area contributed by atoms with E-state index in [9.17, 15) is 21.6 Å². The highest BCUT2D eigenvalue weighted by Gasteiger charge is 2.29. The normalized spacial score (nSPS) is 12.2. The minimum absolute atomic E-state index is 0. The van der Waals surface area contributed by atoms with Crippen molar-refractivity contribution in [3.8, 4) is 0 Å². The molecule has 2 rings (SSSR count). The number of benzene rings is 2. The highest BCUT2D eigenvalue weighted by Crippen LogP contribution is 2.29. The highest BCUT2D eigenvalue weighted by molar-refractivity contribution is 14.0. The molecule has 0 atom stereocenters. The number of aliphatic imine (C=N–C) groups is 1. The lowest BCUT2D eigenvalue weighted by molar-refractivity contribution is -0.137. The van der Waals surface area contributed by atoms with Gasteiger partial charge in [-0.1, -0.05) is 30.3 Å². The first-order valence-electron chi connectivity index (χ1n) is 9.18. The number of halogens is 4. The van der Waals surface area contributed by atoms with E-state index in [0.717, 1.165) is 17.7 Å². The topological polar surface area (TPSA) is 70.6 Å². The molecule has 0 fully saturated rings. The summed E-state index contributed by atoms with van der Waals surface area (Å²) in [5.74, 6) is 0.342. The lowest BCUT2D eigenvalue weighted by atomic mass is 10.1. The summed E-state index contributed by atoms with van der Waals surface area (Å²) in [5, 5.41) is 6.08. The third-order valence-electron chi connectivity index (χ3n) is 4.06. The molecule has 0 spiro atoms. The van der Waals surface area contributed by atoms with Crippen LogP contribution in [-0.2, 0) is 22.4 Å². The van der Waals surface area contributed by atoms with Crippen molar-refractivity contribution in [2.45, 2.75) is 24.4 Å². The first-order valence-corrected chi connectivity index (χ1v) is 10.8. The van der Waals surface area contributed by atoms with Gasteiger partial charge in [0.25, 0.3) is 0 Å². The molecule has 0 aliphatic rings. The molecule has 0 aliphatic heterocycles. The van der Waals surface area contributed by atoms with E-state index in [4.69, 9.17) is 0 Å². The average Bonchev–Trinajstić information content (AvgIpc) is 2.68. The van der Waals surface area contributed by atoms with Crippen LogP contribution in [0.3, 0.4) is 0 Å². The minimum Gasteiger partial charge on any atom is -0.357 e. The van der Waals surface area contributed by atoms with Crippen molar-refractivity contribution in [1.29, 1.82) is 0 Å². The van der Waals surface area contributed by atoms with Gasteiger partial charge < -0.3 is 10.6 Å². The second-order valence-electron chi connectivity index (χ2n) is 6.26. The van der Waals surface area contributed by atoms with E-state index >= 15 is 0 Å². The van der Waals surface area contributed by atoms with Gasteiger partial charge in [-0.3, -0.25) is 4.99 Å². The summed E-state index contributed by atoms with van der Waals surface area (Å²) in [6.45, 7) is 3.01.